The van der Waals surface area contributed by atoms with Gasteiger partial charge in [0.1, 0.15) is 11.9 Å². The van der Waals surface area contributed by atoms with E-state index in [1.54, 1.807) is 17.0 Å². The van der Waals surface area contributed by atoms with Gasteiger partial charge in [0.25, 0.3) is 0 Å². The van der Waals surface area contributed by atoms with Crippen molar-refractivity contribution in [2.24, 2.45) is 5.92 Å². The molecule has 2 aromatic rings. The van der Waals surface area contributed by atoms with Crippen LogP contribution in [0.1, 0.15) is 37.8 Å². The molecule has 166 valence electrons. The highest BCUT2D eigenvalue weighted by Gasteiger charge is 2.32. The van der Waals surface area contributed by atoms with Crippen molar-refractivity contribution >= 4 is 11.8 Å². The number of nitrogens with one attached hydrogen (secondary N) is 1. The Morgan fingerprint density at radius 3 is 2.42 bits per heavy atom. The molecule has 1 saturated heterocycles. The largest absolute Gasteiger partial charge is 0.376 e. The van der Waals surface area contributed by atoms with Crippen molar-refractivity contribution in [3.8, 4) is 0 Å². The molecule has 2 atom stereocenters. The highest BCUT2D eigenvalue weighted by molar-refractivity contribution is 5.88. The Balaban J connectivity index is 1.85. The first-order valence-electron chi connectivity index (χ1n) is 10.9. The smallest absolute Gasteiger partial charge is 0.243 e. The quantitative estimate of drug-likeness (QED) is 0.665. The summed E-state index contributed by atoms with van der Waals surface area (Å²) in [4.78, 5) is 28.1. The van der Waals surface area contributed by atoms with E-state index in [4.69, 9.17) is 4.74 Å². The van der Waals surface area contributed by atoms with E-state index in [2.05, 4.69) is 5.32 Å². The topological polar surface area (TPSA) is 58.6 Å². The number of benzene rings is 2. The van der Waals surface area contributed by atoms with Gasteiger partial charge in [-0.2, -0.15) is 0 Å². The number of hydrogen-bond donors (Lipinski definition) is 1. The lowest BCUT2D eigenvalue weighted by atomic mass is 10.0. The van der Waals surface area contributed by atoms with E-state index in [0.29, 0.717) is 13.0 Å². The fourth-order valence-electron chi connectivity index (χ4n) is 3.78. The maximum Gasteiger partial charge on any atom is 0.243 e. The Morgan fingerprint density at radius 2 is 1.81 bits per heavy atom. The average Bonchev–Trinajstić information content (AvgIpc) is 3.29. The van der Waals surface area contributed by atoms with Crippen molar-refractivity contribution in [2.45, 2.75) is 51.8 Å². The maximum atomic E-state index is 13.4. The molecule has 1 N–H and O–H groups in total. The van der Waals surface area contributed by atoms with Crippen LogP contribution in [0.5, 0.6) is 0 Å². The van der Waals surface area contributed by atoms with E-state index in [1.165, 1.54) is 12.1 Å². The third kappa shape index (κ3) is 6.62. The average molecular weight is 427 g/mol. The summed E-state index contributed by atoms with van der Waals surface area (Å²) >= 11 is 0. The van der Waals surface area contributed by atoms with Crippen LogP contribution in [-0.4, -0.2) is 42.0 Å². The molecule has 31 heavy (non-hydrogen) atoms. The first-order valence-corrected chi connectivity index (χ1v) is 10.9. The molecule has 0 spiro atoms. The Kier molecular flexibility index (Phi) is 8.18. The first-order chi connectivity index (χ1) is 14.9. The zero-order valence-electron chi connectivity index (χ0n) is 18.2. The lowest BCUT2D eigenvalue weighted by molar-refractivity contribution is -0.143. The highest BCUT2D eigenvalue weighted by Crippen LogP contribution is 2.18. The molecule has 0 aromatic heterocycles. The molecule has 1 aliphatic rings. The van der Waals surface area contributed by atoms with Crippen LogP contribution >= 0.6 is 0 Å². The number of rotatable bonds is 9. The molecular weight excluding hydrogens is 395 g/mol. The standard InChI is InChI=1S/C25H31FN2O3/c1-18(2)25(30)28(17-20-10-12-21(26)13-11-20)23(15-19-7-4-3-5-8-19)24(29)27-16-22-9-6-14-31-22/h3-5,7-8,10-13,18,22-23H,6,9,14-17H2,1-2H3,(H,27,29). The zero-order chi connectivity index (χ0) is 22.2. The Bertz CT molecular complexity index is 849. The van der Waals surface area contributed by atoms with Crippen LogP contribution in [0.4, 0.5) is 4.39 Å². The molecule has 6 heteroatoms. The summed E-state index contributed by atoms with van der Waals surface area (Å²) in [6.07, 6.45) is 2.34. The van der Waals surface area contributed by atoms with E-state index in [-0.39, 0.29) is 36.2 Å². The number of carbonyl (C=O) groups excluding carboxylic acids is 2. The molecule has 2 aromatic carbocycles. The summed E-state index contributed by atoms with van der Waals surface area (Å²) in [7, 11) is 0. The summed E-state index contributed by atoms with van der Waals surface area (Å²) in [5.41, 5.74) is 1.75. The van der Waals surface area contributed by atoms with Crippen LogP contribution in [0.2, 0.25) is 0 Å². The van der Waals surface area contributed by atoms with Gasteiger partial charge in [0, 0.05) is 32.0 Å². The van der Waals surface area contributed by atoms with Gasteiger partial charge in [0.05, 0.1) is 6.10 Å². The molecule has 3 rings (SSSR count). The van der Waals surface area contributed by atoms with Gasteiger partial charge in [-0.1, -0.05) is 56.3 Å². The van der Waals surface area contributed by atoms with Crippen LogP contribution in [-0.2, 0) is 27.3 Å². The maximum absolute atomic E-state index is 13.4. The van der Waals surface area contributed by atoms with Crippen LogP contribution in [0, 0.1) is 11.7 Å². The number of nitrogens with zero attached hydrogens (tertiary/aromatic N) is 1. The normalized spacial score (nSPS) is 16.8. The lowest BCUT2D eigenvalue weighted by Crippen LogP contribution is -2.52. The number of hydrogen-bond acceptors (Lipinski definition) is 3. The molecule has 1 fully saturated rings. The summed E-state index contributed by atoms with van der Waals surface area (Å²) in [5.74, 6) is -0.918. The fourth-order valence-corrected chi connectivity index (χ4v) is 3.78. The zero-order valence-corrected chi connectivity index (χ0v) is 18.2. The van der Waals surface area contributed by atoms with Crippen molar-refractivity contribution in [2.75, 3.05) is 13.2 Å². The van der Waals surface area contributed by atoms with E-state index >= 15 is 0 Å². The molecule has 0 radical (unpaired) electrons. The second-order valence-corrected chi connectivity index (χ2v) is 8.33. The monoisotopic (exact) mass is 426 g/mol. The molecular formula is C25H31FN2O3. The van der Waals surface area contributed by atoms with Crippen LogP contribution in [0.15, 0.2) is 54.6 Å². The highest BCUT2D eigenvalue weighted by atomic mass is 19.1. The fraction of sp³-hybridized carbons (Fsp3) is 0.440. The molecule has 0 saturated carbocycles. The molecule has 2 unspecified atom stereocenters. The Hall–Kier alpha value is -2.73. The molecule has 1 aliphatic heterocycles. The first kappa shape index (κ1) is 22.9. The number of carbonyl (C=O) groups is 2. The van der Waals surface area contributed by atoms with Crippen LogP contribution in [0.25, 0.3) is 0 Å². The van der Waals surface area contributed by atoms with Crippen molar-refractivity contribution in [3.05, 3.63) is 71.5 Å². The number of halogens is 1. The van der Waals surface area contributed by atoms with Gasteiger partial charge in [0.15, 0.2) is 0 Å². The van der Waals surface area contributed by atoms with Crippen molar-refractivity contribution in [1.82, 2.24) is 10.2 Å². The molecule has 1 heterocycles. The predicted molar refractivity (Wildman–Crippen MR) is 118 cm³/mol. The Morgan fingerprint density at radius 1 is 1.10 bits per heavy atom. The van der Waals surface area contributed by atoms with Gasteiger partial charge in [-0.25, -0.2) is 4.39 Å². The van der Waals surface area contributed by atoms with E-state index < -0.39 is 6.04 Å². The lowest BCUT2D eigenvalue weighted by Gasteiger charge is -2.33. The molecule has 5 nitrogen and oxygen atoms in total. The molecule has 0 aliphatic carbocycles. The predicted octanol–water partition coefficient (Wildman–Crippen LogP) is 3.72. The summed E-state index contributed by atoms with van der Waals surface area (Å²) in [5, 5.41) is 3.00. The minimum absolute atomic E-state index is 0.0210. The van der Waals surface area contributed by atoms with E-state index in [9.17, 15) is 14.0 Å². The SMILES string of the molecule is CC(C)C(=O)N(Cc1ccc(F)cc1)C(Cc1ccccc1)C(=O)NCC1CCCO1. The summed E-state index contributed by atoms with van der Waals surface area (Å²) in [6, 6.07) is 15.0. The number of amides is 2. The van der Waals surface area contributed by atoms with Crippen molar-refractivity contribution in [1.29, 1.82) is 0 Å². The van der Waals surface area contributed by atoms with Crippen molar-refractivity contribution in [3.63, 3.8) is 0 Å². The van der Waals surface area contributed by atoms with Crippen LogP contribution in [0.3, 0.4) is 0 Å². The molecule has 2 amide bonds. The third-order valence-electron chi connectivity index (χ3n) is 5.52. The van der Waals surface area contributed by atoms with E-state index in [1.807, 2.05) is 44.2 Å². The molecule has 0 bridgehead atoms. The Labute approximate surface area is 183 Å². The second-order valence-electron chi connectivity index (χ2n) is 8.33. The van der Waals surface area contributed by atoms with Crippen molar-refractivity contribution < 1.29 is 18.7 Å². The van der Waals surface area contributed by atoms with E-state index in [0.717, 1.165) is 30.6 Å². The van der Waals surface area contributed by atoms with Gasteiger partial charge < -0.3 is 15.0 Å². The summed E-state index contributed by atoms with van der Waals surface area (Å²) < 4.78 is 19.0. The summed E-state index contributed by atoms with van der Waals surface area (Å²) in [6.45, 7) is 5.04. The van der Waals surface area contributed by atoms with Gasteiger partial charge in [-0.3, -0.25) is 9.59 Å². The van der Waals surface area contributed by atoms with Gasteiger partial charge in [0.2, 0.25) is 11.8 Å². The number of ether oxygens (including phenoxy) is 1. The van der Waals surface area contributed by atoms with Gasteiger partial charge >= 0.3 is 0 Å². The van der Waals surface area contributed by atoms with Gasteiger partial charge in [-0.05, 0) is 36.1 Å². The minimum atomic E-state index is -0.677. The van der Waals surface area contributed by atoms with Crippen LogP contribution < -0.4 is 5.32 Å². The van der Waals surface area contributed by atoms with Gasteiger partial charge in [-0.15, -0.1) is 0 Å². The second kappa shape index (κ2) is 11.0. The third-order valence-corrected chi connectivity index (χ3v) is 5.52. The minimum Gasteiger partial charge on any atom is -0.376 e.